The van der Waals surface area contributed by atoms with Gasteiger partial charge in [-0.25, -0.2) is 0 Å². The molecule has 0 bridgehead atoms. The van der Waals surface area contributed by atoms with Crippen LogP contribution >= 0.6 is 15.9 Å². The average Bonchev–Trinajstić information content (AvgIpc) is 2.79. The second kappa shape index (κ2) is 5.09. The number of rotatable bonds is 2. The fourth-order valence-electron chi connectivity index (χ4n) is 3.05. The zero-order valence-corrected chi connectivity index (χ0v) is 11.7. The van der Waals surface area contributed by atoms with E-state index in [1.165, 1.54) is 49.1 Å². The first-order valence-electron chi connectivity index (χ1n) is 6.52. The van der Waals surface area contributed by atoms with Crippen molar-refractivity contribution in [3.05, 3.63) is 34.3 Å². The van der Waals surface area contributed by atoms with Gasteiger partial charge >= 0.3 is 0 Å². The van der Waals surface area contributed by atoms with Crippen molar-refractivity contribution in [2.75, 3.05) is 26.2 Å². The van der Waals surface area contributed by atoms with Gasteiger partial charge < -0.3 is 0 Å². The fraction of sp³-hybridized carbons (Fsp3) is 0.571. The standard InChI is InChI=1S/C14H19BrN2/c15-13-5-3-12(4-6-13)10-16-8-9-17-7-1-2-14(17)11-16/h3-6,14H,1-2,7-11H2. The molecule has 2 aliphatic rings. The van der Waals surface area contributed by atoms with E-state index in [-0.39, 0.29) is 0 Å². The normalized spacial score (nSPS) is 26.1. The summed E-state index contributed by atoms with van der Waals surface area (Å²) in [5, 5.41) is 0. The van der Waals surface area contributed by atoms with E-state index in [1.54, 1.807) is 0 Å². The lowest BCUT2D eigenvalue weighted by Gasteiger charge is -2.37. The Morgan fingerprint density at radius 2 is 1.94 bits per heavy atom. The molecule has 1 atom stereocenters. The quantitative estimate of drug-likeness (QED) is 0.828. The number of hydrogen-bond donors (Lipinski definition) is 0. The van der Waals surface area contributed by atoms with Gasteiger partial charge in [-0.1, -0.05) is 28.1 Å². The predicted octanol–water partition coefficient (Wildman–Crippen LogP) is 2.73. The van der Waals surface area contributed by atoms with Crippen LogP contribution in [-0.2, 0) is 6.54 Å². The van der Waals surface area contributed by atoms with Crippen molar-refractivity contribution in [3.8, 4) is 0 Å². The van der Waals surface area contributed by atoms with Gasteiger partial charge in [0.05, 0.1) is 0 Å². The third-order valence-electron chi connectivity index (χ3n) is 3.99. The molecule has 2 heterocycles. The van der Waals surface area contributed by atoms with E-state index in [1.807, 2.05) is 0 Å². The topological polar surface area (TPSA) is 6.48 Å². The van der Waals surface area contributed by atoms with Gasteiger partial charge in [-0.15, -0.1) is 0 Å². The predicted molar refractivity (Wildman–Crippen MR) is 74.0 cm³/mol. The molecule has 0 aliphatic carbocycles. The molecule has 3 heteroatoms. The first-order valence-corrected chi connectivity index (χ1v) is 7.31. The van der Waals surface area contributed by atoms with Crippen molar-refractivity contribution in [3.63, 3.8) is 0 Å². The van der Waals surface area contributed by atoms with Gasteiger partial charge in [-0.05, 0) is 37.1 Å². The Morgan fingerprint density at radius 3 is 2.76 bits per heavy atom. The molecule has 0 radical (unpaired) electrons. The van der Waals surface area contributed by atoms with E-state index >= 15 is 0 Å². The molecular weight excluding hydrogens is 276 g/mol. The van der Waals surface area contributed by atoms with E-state index in [0.29, 0.717) is 0 Å². The third kappa shape index (κ3) is 2.72. The highest BCUT2D eigenvalue weighted by molar-refractivity contribution is 9.10. The van der Waals surface area contributed by atoms with Crippen LogP contribution < -0.4 is 0 Å². The summed E-state index contributed by atoms with van der Waals surface area (Å²) in [6, 6.07) is 9.57. The number of hydrogen-bond acceptors (Lipinski definition) is 2. The molecule has 1 unspecified atom stereocenters. The minimum atomic E-state index is 0.833. The molecule has 0 spiro atoms. The van der Waals surface area contributed by atoms with Crippen LogP contribution in [0.25, 0.3) is 0 Å². The summed E-state index contributed by atoms with van der Waals surface area (Å²) >= 11 is 3.49. The Labute approximate surface area is 112 Å². The van der Waals surface area contributed by atoms with Crippen LogP contribution in [0.15, 0.2) is 28.7 Å². The maximum absolute atomic E-state index is 3.49. The van der Waals surface area contributed by atoms with Crippen LogP contribution in [0.5, 0.6) is 0 Å². The van der Waals surface area contributed by atoms with Crippen molar-refractivity contribution in [2.24, 2.45) is 0 Å². The maximum Gasteiger partial charge on any atom is 0.0234 e. The van der Waals surface area contributed by atoms with Crippen LogP contribution in [-0.4, -0.2) is 42.0 Å². The van der Waals surface area contributed by atoms with Crippen LogP contribution in [0.4, 0.5) is 0 Å². The van der Waals surface area contributed by atoms with Crippen LogP contribution in [0.2, 0.25) is 0 Å². The zero-order chi connectivity index (χ0) is 11.7. The Morgan fingerprint density at radius 1 is 1.12 bits per heavy atom. The van der Waals surface area contributed by atoms with Crippen LogP contribution in [0, 0.1) is 0 Å². The SMILES string of the molecule is Brc1ccc(CN2CCN3CCCC3C2)cc1. The Kier molecular flexibility index (Phi) is 3.50. The highest BCUT2D eigenvalue weighted by atomic mass is 79.9. The van der Waals surface area contributed by atoms with E-state index in [4.69, 9.17) is 0 Å². The summed E-state index contributed by atoms with van der Waals surface area (Å²) < 4.78 is 1.17. The molecule has 0 N–H and O–H groups in total. The summed E-state index contributed by atoms with van der Waals surface area (Å²) in [5.41, 5.74) is 1.43. The summed E-state index contributed by atoms with van der Waals surface area (Å²) in [6.07, 6.45) is 2.80. The largest absolute Gasteiger partial charge is 0.298 e. The van der Waals surface area contributed by atoms with Gasteiger partial charge in [0.25, 0.3) is 0 Å². The first kappa shape index (κ1) is 11.7. The molecule has 2 nitrogen and oxygen atoms in total. The molecule has 92 valence electrons. The number of nitrogens with zero attached hydrogens (tertiary/aromatic N) is 2. The van der Waals surface area contributed by atoms with E-state index in [2.05, 4.69) is 50.0 Å². The first-order chi connectivity index (χ1) is 8.31. The molecule has 0 amide bonds. The molecule has 2 fully saturated rings. The Bertz CT molecular complexity index is 376. The lowest BCUT2D eigenvalue weighted by molar-refractivity contribution is 0.0994. The van der Waals surface area contributed by atoms with Gasteiger partial charge in [0.15, 0.2) is 0 Å². The van der Waals surface area contributed by atoms with E-state index < -0.39 is 0 Å². The van der Waals surface area contributed by atoms with Gasteiger partial charge in [0.2, 0.25) is 0 Å². The van der Waals surface area contributed by atoms with Crippen molar-refractivity contribution in [1.29, 1.82) is 0 Å². The molecule has 2 saturated heterocycles. The second-order valence-corrected chi connectivity index (χ2v) is 6.11. The van der Waals surface area contributed by atoms with Crippen molar-refractivity contribution in [1.82, 2.24) is 9.80 Å². The maximum atomic E-state index is 3.49. The highest BCUT2D eigenvalue weighted by Gasteiger charge is 2.30. The van der Waals surface area contributed by atoms with E-state index in [0.717, 1.165) is 12.6 Å². The Balaban J connectivity index is 1.60. The number of benzene rings is 1. The minimum absolute atomic E-state index is 0.833. The monoisotopic (exact) mass is 294 g/mol. The smallest absolute Gasteiger partial charge is 0.0234 e. The van der Waals surface area contributed by atoms with Crippen LogP contribution in [0.3, 0.4) is 0 Å². The van der Waals surface area contributed by atoms with Gasteiger partial charge in [0.1, 0.15) is 0 Å². The molecule has 17 heavy (non-hydrogen) atoms. The summed E-state index contributed by atoms with van der Waals surface area (Å²) in [5.74, 6) is 0. The minimum Gasteiger partial charge on any atom is -0.298 e. The third-order valence-corrected chi connectivity index (χ3v) is 4.52. The molecule has 3 rings (SSSR count). The van der Waals surface area contributed by atoms with Gasteiger partial charge in [-0.2, -0.15) is 0 Å². The summed E-state index contributed by atoms with van der Waals surface area (Å²) in [4.78, 5) is 5.27. The van der Waals surface area contributed by atoms with Gasteiger partial charge in [0, 0.05) is 36.7 Å². The summed E-state index contributed by atoms with van der Waals surface area (Å²) in [7, 11) is 0. The fourth-order valence-corrected chi connectivity index (χ4v) is 3.31. The number of halogens is 1. The van der Waals surface area contributed by atoms with Crippen molar-refractivity contribution >= 4 is 15.9 Å². The molecular formula is C14H19BrN2. The molecule has 1 aromatic carbocycles. The Hall–Kier alpha value is -0.380. The second-order valence-electron chi connectivity index (χ2n) is 5.19. The number of piperazine rings is 1. The lowest BCUT2D eigenvalue weighted by Crippen LogP contribution is -2.49. The molecule has 1 aromatic rings. The van der Waals surface area contributed by atoms with Crippen LogP contribution in [0.1, 0.15) is 18.4 Å². The summed E-state index contributed by atoms with van der Waals surface area (Å²) in [6.45, 7) is 6.19. The van der Waals surface area contributed by atoms with Crippen molar-refractivity contribution in [2.45, 2.75) is 25.4 Å². The highest BCUT2D eigenvalue weighted by Crippen LogP contribution is 2.22. The lowest BCUT2D eigenvalue weighted by atomic mass is 10.1. The average molecular weight is 295 g/mol. The van der Waals surface area contributed by atoms with Crippen molar-refractivity contribution < 1.29 is 0 Å². The molecule has 0 saturated carbocycles. The van der Waals surface area contributed by atoms with Gasteiger partial charge in [-0.3, -0.25) is 9.80 Å². The zero-order valence-electron chi connectivity index (χ0n) is 10.1. The molecule has 2 aliphatic heterocycles. The number of fused-ring (bicyclic) bond motifs is 1. The van der Waals surface area contributed by atoms with E-state index in [9.17, 15) is 0 Å². The molecule has 0 aromatic heterocycles.